The van der Waals surface area contributed by atoms with Crippen LogP contribution in [0.15, 0.2) is 22.7 Å². The predicted molar refractivity (Wildman–Crippen MR) is 80.7 cm³/mol. The zero-order valence-corrected chi connectivity index (χ0v) is 13.2. The van der Waals surface area contributed by atoms with Crippen LogP contribution in [0.4, 0.5) is 0 Å². The van der Waals surface area contributed by atoms with Gasteiger partial charge in [-0.05, 0) is 53.0 Å². The maximum Gasteiger partial charge on any atom is 0.133 e. The lowest BCUT2D eigenvalue weighted by Crippen LogP contribution is -2.25. The molecule has 0 aliphatic carbocycles. The lowest BCUT2D eigenvalue weighted by molar-refractivity contribution is 0.0905. The Morgan fingerprint density at radius 3 is 3.00 bits per heavy atom. The minimum absolute atomic E-state index is 0.201. The van der Waals surface area contributed by atoms with Crippen LogP contribution in [-0.2, 0) is 4.74 Å². The van der Waals surface area contributed by atoms with Gasteiger partial charge in [-0.3, -0.25) is 0 Å². The van der Waals surface area contributed by atoms with Gasteiger partial charge in [-0.1, -0.05) is 13.0 Å². The van der Waals surface area contributed by atoms with Crippen molar-refractivity contribution in [1.82, 2.24) is 5.32 Å². The summed E-state index contributed by atoms with van der Waals surface area (Å²) in [4.78, 5) is 0. The molecule has 106 valence electrons. The molecule has 1 fully saturated rings. The molecule has 1 N–H and O–H groups in total. The monoisotopic (exact) mass is 327 g/mol. The van der Waals surface area contributed by atoms with E-state index in [1.165, 1.54) is 12.0 Å². The van der Waals surface area contributed by atoms with E-state index in [9.17, 15) is 0 Å². The number of methoxy groups -OCH3 is 1. The van der Waals surface area contributed by atoms with Gasteiger partial charge in [0.1, 0.15) is 5.75 Å². The van der Waals surface area contributed by atoms with E-state index in [4.69, 9.17) is 9.47 Å². The van der Waals surface area contributed by atoms with Crippen LogP contribution in [0.3, 0.4) is 0 Å². The summed E-state index contributed by atoms with van der Waals surface area (Å²) in [5, 5.41) is 3.50. The van der Waals surface area contributed by atoms with Crippen LogP contribution in [-0.4, -0.2) is 26.8 Å². The maximum atomic E-state index is 5.91. The lowest BCUT2D eigenvalue weighted by atomic mass is 9.95. The number of hydrogen-bond acceptors (Lipinski definition) is 3. The standard InChI is InChI=1S/C15H22BrNO2/c1-3-7-17-10-12-6-8-19-15(12)11-4-5-14(18-2)13(16)9-11/h4-5,9,12,15,17H,3,6-8,10H2,1-2H3. The van der Waals surface area contributed by atoms with Gasteiger partial charge in [-0.25, -0.2) is 0 Å². The molecule has 0 saturated carbocycles. The number of rotatable bonds is 6. The first-order valence-corrected chi connectivity index (χ1v) is 7.71. The van der Waals surface area contributed by atoms with Crippen molar-refractivity contribution in [3.8, 4) is 5.75 Å². The first-order chi connectivity index (χ1) is 9.26. The lowest BCUT2D eigenvalue weighted by Gasteiger charge is -2.20. The third-order valence-corrected chi connectivity index (χ3v) is 4.17. The van der Waals surface area contributed by atoms with Gasteiger partial charge in [0.05, 0.1) is 17.7 Å². The Kier molecular flexibility index (Phi) is 5.67. The fourth-order valence-electron chi connectivity index (χ4n) is 2.54. The minimum atomic E-state index is 0.201. The van der Waals surface area contributed by atoms with E-state index >= 15 is 0 Å². The van der Waals surface area contributed by atoms with Crippen LogP contribution in [0.5, 0.6) is 5.75 Å². The quantitative estimate of drug-likeness (QED) is 0.811. The molecule has 1 aliphatic rings. The summed E-state index contributed by atoms with van der Waals surface area (Å²) in [6.45, 7) is 5.15. The van der Waals surface area contributed by atoms with E-state index in [0.717, 1.165) is 36.3 Å². The van der Waals surface area contributed by atoms with Gasteiger partial charge in [0, 0.05) is 19.1 Å². The van der Waals surface area contributed by atoms with E-state index in [2.05, 4.69) is 40.3 Å². The third-order valence-electron chi connectivity index (χ3n) is 3.55. The summed E-state index contributed by atoms with van der Waals surface area (Å²) in [5.41, 5.74) is 1.23. The first kappa shape index (κ1) is 14.8. The van der Waals surface area contributed by atoms with Crippen molar-refractivity contribution in [3.63, 3.8) is 0 Å². The fourth-order valence-corrected chi connectivity index (χ4v) is 3.09. The molecular weight excluding hydrogens is 306 g/mol. The van der Waals surface area contributed by atoms with Crippen LogP contribution >= 0.6 is 15.9 Å². The summed E-state index contributed by atoms with van der Waals surface area (Å²) in [7, 11) is 1.68. The van der Waals surface area contributed by atoms with Gasteiger partial charge in [-0.2, -0.15) is 0 Å². The molecule has 19 heavy (non-hydrogen) atoms. The molecule has 2 unspecified atom stereocenters. The Bertz CT molecular complexity index is 411. The van der Waals surface area contributed by atoms with E-state index in [1.54, 1.807) is 7.11 Å². The first-order valence-electron chi connectivity index (χ1n) is 6.92. The molecule has 0 spiro atoms. The average Bonchev–Trinajstić information content (AvgIpc) is 2.87. The second-order valence-corrected chi connectivity index (χ2v) is 5.79. The highest BCUT2D eigenvalue weighted by atomic mass is 79.9. The van der Waals surface area contributed by atoms with Gasteiger partial charge in [0.2, 0.25) is 0 Å². The second kappa shape index (κ2) is 7.27. The van der Waals surface area contributed by atoms with Crippen molar-refractivity contribution in [1.29, 1.82) is 0 Å². The molecule has 1 aromatic rings. The third kappa shape index (κ3) is 3.71. The summed E-state index contributed by atoms with van der Waals surface area (Å²) < 4.78 is 12.2. The Hall–Kier alpha value is -0.580. The number of ether oxygens (including phenoxy) is 2. The summed E-state index contributed by atoms with van der Waals surface area (Å²) in [6, 6.07) is 6.21. The minimum Gasteiger partial charge on any atom is -0.496 e. The van der Waals surface area contributed by atoms with Crippen molar-refractivity contribution in [2.45, 2.75) is 25.9 Å². The number of benzene rings is 1. The SMILES string of the molecule is CCCNCC1CCOC1c1ccc(OC)c(Br)c1. The van der Waals surface area contributed by atoms with Gasteiger partial charge in [0.25, 0.3) is 0 Å². The van der Waals surface area contributed by atoms with Crippen LogP contribution in [0.1, 0.15) is 31.4 Å². The Labute approximate surface area is 123 Å². The van der Waals surface area contributed by atoms with Crippen LogP contribution in [0.2, 0.25) is 0 Å². The highest BCUT2D eigenvalue weighted by molar-refractivity contribution is 9.10. The van der Waals surface area contributed by atoms with Crippen LogP contribution < -0.4 is 10.1 Å². The second-order valence-electron chi connectivity index (χ2n) is 4.94. The smallest absolute Gasteiger partial charge is 0.133 e. The highest BCUT2D eigenvalue weighted by Gasteiger charge is 2.29. The van der Waals surface area contributed by atoms with E-state index in [1.807, 2.05) is 6.07 Å². The summed E-state index contributed by atoms with van der Waals surface area (Å²) >= 11 is 3.54. The Balaban J connectivity index is 2.04. The number of halogens is 1. The van der Waals surface area contributed by atoms with Gasteiger partial charge >= 0.3 is 0 Å². The molecule has 1 aromatic carbocycles. The molecule has 1 heterocycles. The largest absolute Gasteiger partial charge is 0.496 e. The van der Waals surface area contributed by atoms with Crippen molar-refractivity contribution in [3.05, 3.63) is 28.2 Å². The normalized spacial score (nSPS) is 22.7. The van der Waals surface area contributed by atoms with Gasteiger partial charge < -0.3 is 14.8 Å². The zero-order valence-electron chi connectivity index (χ0n) is 11.6. The van der Waals surface area contributed by atoms with Gasteiger partial charge in [-0.15, -0.1) is 0 Å². The predicted octanol–water partition coefficient (Wildman–Crippen LogP) is 3.53. The van der Waals surface area contributed by atoms with E-state index < -0.39 is 0 Å². The van der Waals surface area contributed by atoms with Crippen LogP contribution in [0, 0.1) is 5.92 Å². The Morgan fingerprint density at radius 1 is 1.47 bits per heavy atom. The van der Waals surface area contributed by atoms with Crippen LogP contribution in [0.25, 0.3) is 0 Å². The van der Waals surface area contributed by atoms with Crippen molar-refractivity contribution in [2.24, 2.45) is 5.92 Å². The Morgan fingerprint density at radius 2 is 2.32 bits per heavy atom. The summed E-state index contributed by atoms with van der Waals surface area (Å²) in [5.74, 6) is 1.43. The molecule has 4 heteroatoms. The fraction of sp³-hybridized carbons (Fsp3) is 0.600. The molecule has 0 bridgehead atoms. The molecule has 0 aromatic heterocycles. The average molecular weight is 328 g/mol. The zero-order chi connectivity index (χ0) is 13.7. The number of hydrogen-bond donors (Lipinski definition) is 1. The molecule has 0 radical (unpaired) electrons. The van der Waals surface area contributed by atoms with E-state index in [-0.39, 0.29) is 6.10 Å². The maximum absolute atomic E-state index is 5.91. The topological polar surface area (TPSA) is 30.5 Å². The molecule has 2 atom stereocenters. The molecular formula is C15H22BrNO2. The molecule has 2 rings (SSSR count). The highest BCUT2D eigenvalue weighted by Crippen LogP contribution is 2.37. The molecule has 3 nitrogen and oxygen atoms in total. The summed E-state index contributed by atoms with van der Waals surface area (Å²) in [6.07, 6.45) is 2.50. The van der Waals surface area contributed by atoms with E-state index in [0.29, 0.717) is 5.92 Å². The molecule has 1 aliphatic heterocycles. The van der Waals surface area contributed by atoms with Crippen molar-refractivity contribution >= 4 is 15.9 Å². The van der Waals surface area contributed by atoms with Gasteiger partial charge in [0.15, 0.2) is 0 Å². The number of nitrogens with one attached hydrogen (secondary N) is 1. The van der Waals surface area contributed by atoms with Crippen molar-refractivity contribution in [2.75, 3.05) is 26.8 Å². The molecule has 0 amide bonds. The molecule has 1 saturated heterocycles. The van der Waals surface area contributed by atoms with Crippen molar-refractivity contribution < 1.29 is 9.47 Å².